The molecule has 92 valence electrons. The Labute approximate surface area is 95.9 Å². The number of nitrogens with zero attached hydrogens (tertiary/aromatic N) is 4. The molecule has 17 heavy (non-hydrogen) atoms. The molecule has 0 unspecified atom stereocenters. The third-order valence-corrected chi connectivity index (χ3v) is 2.26. The minimum absolute atomic E-state index is 0.270. The number of H-pyrrole nitrogens is 1. The molecule has 8 heteroatoms. The van der Waals surface area contributed by atoms with E-state index in [1.807, 2.05) is 0 Å². The van der Waals surface area contributed by atoms with E-state index in [2.05, 4.69) is 19.9 Å². The number of aromatic nitrogens is 4. The summed E-state index contributed by atoms with van der Waals surface area (Å²) in [7, 11) is 0. The van der Waals surface area contributed by atoms with Gasteiger partial charge in [0.05, 0.1) is 12.9 Å². The van der Waals surface area contributed by atoms with E-state index in [-0.39, 0.29) is 6.54 Å². The molecule has 0 aliphatic carbocycles. The van der Waals surface area contributed by atoms with Gasteiger partial charge in [0.2, 0.25) is 0 Å². The number of anilines is 1. The van der Waals surface area contributed by atoms with Crippen molar-refractivity contribution in [2.75, 3.05) is 24.5 Å². The zero-order valence-corrected chi connectivity index (χ0v) is 8.98. The van der Waals surface area contributed by atoms with Gasteiger partial charge in [-0.2, -0.15) is 0 Å². The summed E-state index contributed by atoms with van der Waals surface area (Å²) < 4.78 is 24.9. The summed E-state index contributed by atoms with van der Waals surface area (Å²) in [5.74, 6) is 0.401. The molecule has 0 spiro atoms. The molecule has 0 saturated heterocycles. The van der Waals surface area contributed by atoms with E-state index in [9.17, 15) is 8.78 Å². The highest BCUT2D eigenvalue weighted by Crippen LogP contribution is 2.19. The summed E-state index contributed by atoms with van der Waals surface area (Å²) in [5, 5.41) is 0. The van der Waals surface area contributed by atoms with Gasteiger partial charge in [-0.05, 0) is 0 Å². The number of imidazole rings is 1. The van der Waals surface area contributed by atoms with E-state index in [1.54, 1.807) is 0 Å². The first-order valence-corrected chi connectivity index (χ1v) is 5.09. The number of rotatable bonds is 5. The number of nitrogens with one attached hydrogen (secondary N) is 1. The standard InChI is InChI=1S/C9H12F2N6/c10-6(11)3-17(2-1-12)9-7-8(14-4-13-7)15-5-16-9/h4-6H,1-3,12H2,(H,13,14,15,16). The zero-order valence-electron chi connectivity index (χ0n) is 8.98. The average Bonchev–Trinajstić information content (AvgIpc) is 2.75. The van der Waals surface area contributed by atoms with Crippen LogP contribution in [0.3, 0.4) is 0 Å². The van der Waals surface area contributed by atoms with E-state index in [1.165, 1.54) is 17.6 Å². The lowest BCUT2D eigenvalue weighted by atomic mass is 10.4. The Balaban J connectivity index is 2.36. The van der Waals surface area contributed by atoms with Crippen molar-refractivity contribution < 1.29 is 8.78 Å². The second kappa shape index (κ2) is 5.00. The predicted octanol–water partition coefficient (Wildman–Crippen LogP) is 0.383. The lowest BCUT2D eigenvalue weighted by Crippen LogP contribution is -2.34. The molecule has 0 aromatic carbocycles. The maximum Gasteiger partial charge on any atom is 0.255 e. The average molecular weight is 242 g/mol. The van der Waals surface area contributed by atoms with Crippen LogP contribution < -0.4 is 10.6 Å². The molecule has 2 rings (SSSR count). The van der Waals surface area contributed by atoms with E-state index >= 15 is 0 Å². The van der Waals surface area contributed by atoms with Crippen molar-refractivity contribution in [2.24, 2.45) is 5.73 Å². The maximum atomic E-state index is 12.5. The number of hydrogen-bond acceptors (Lipinski definition) is 5. The summed E-state index contributed by atoms with van der Waals surface area (Å²) in [6, 6.07) is 0. The lowest BCUT2D eigenvalue weighted by molar-refractivity contribution is 0.155. The Morgan fingerprint density at radius 2 is 2.18 bits per heavy atom. The normalized spacial score (nSPS) is 11.3. The molecule has 3 N–H and O–H groups in total. The molecular weight excluding hydrogens is 230 g/mol. The van der Waals surface area contributed by atoms with Crippen LogP contribution >= 0.6 is 0 Å². The molecular formula is C9H12F2N6. The number of alkyl halides is 2. The van der Waals surface area contributed by atoms with Crippen molar-refractivity contribution in [3.8, 4) is 0 Å². The van der Waals surface area contributed by atoms with Crippen LogP contribution in [0.25, 0.3) is 11.2 Å². The smallest absolute Gasteiger partial charge is 0.255 e. The summed E-state index contributed by atoms with van der Waals surface area (Å²) in [6.07, 6.45) is 0.300. The topological polar surface area (TPSA) is 83.7 Å². The van der Waals surface area contributed by atoms with Gasteiger partial charge in [0.1, 0.15) is 11.8 Å². The van der Waals surface area contributed by atoms with Crippen molar-refractivity contribution in [2.45, 2.75) is 6.43 Å². The van der Waals surface area contributed by atoms with Crippen molar-refractivity contribution in [1.29, 1.82) is 0 Å². The predicted molar refractivity (Wildman–Crippen MR) is 59.0 cm³/mol. The highest BCUT2D eigenvalue weighted by Gasteiger charge is 2.17. The van der Waals surface area contributed by atoms with Gasteiger partial charge in [0.15, 0.2) is 11.5 Å². The Hall–Kier alpha value is -1.83. The van der Waals surface area contributed by atoms with Crippen LogP contribution in [0.1, 0.15) is 0 Å². The highest BCUT2D eigenvalue weighted by molar-refractivity contribution is 5.82. The number of fused-ring (bicyclic) bond motifs is 1. The Morgan fingerprint density at radius 1 is 1.35 bits per heavy atom. The van der Waals surface area contributed by atoms with Crippen molar-refractivity contribution in [3.63, 3.8) is 0 Å². The molecule has 2 aromatic heterocycles. The lowest BCUT2D eigenvalue weighted by Gasteiger charge is -2.22. The number of nitrogens with two attached hydrogens (primary N) is 1. The van der Waals surface area contributed by atoms with Crippen molar-refractivity contribution in [1.82, 2.24) is 19.9 Å². The van der Waals surface area contributed by atoms with E-state index in [0.717, 1.165) is 0 Å². The molecule has 6 nitrogen and oxygen atoms in total. The second-order valence-corrected chi connectivity index (χ2v) is 3.42. The van der Waals surface area contributed by atoms with Crippen molar-refractivity contribution >= 4 is 17.0 Å². The van der Waals surface area contributed by atoms with Gasteiger partial charge in [-0.25, -0.2) is 23.7 Å². The van der Waals surface area contributed by atoms with Gasteiger partial charge < -0.3 is 15.6 Å². The summed E-state index contributed by atoms with van der Waals surface area (Å²) in [6.45, 7) is 0.157. The molecule has 0 atom stereocenters. The molecule has 2 heterocycles. The van der Waals surface area contributed by atoms with Crippen LogP contribution in [-0.4, -0.2) is 46.0 Å². The maximum absolute atomic E-state index is 12.5. The minimum Gasteiger partial charge on any atom is -0.348 e. The first kappa shape index (κ1) is 11.6. The number of hydrogen-bond donors (Lipinski definition) is 2. The molecule has 0 bridgehead atoms. The zero-order chi connectivity index (χ0) is 12.3. The fraction of sp³-hybridized carbons (Fsp3) is 0.444. The molecule has 0 saturated carbocycles. The van der Waals surface area contributed by atoms with Crippen LogP contribution in [0.4, 0.5) is 14.6 Å². The SMILES string of the molecule is NCCN(CC(F)F)c1ncnc2nc[nH]c12. The van der Waals surface area contributed by atoms with Crippen LogP contribution in [-0.2, 0) is 0 Å². The van der Waals surface area contributed by atoms with Crippen LogP contribution in [0.5, 0.6) is 0 Å². The summed E-state index contributed by atoms with van der Waals surface area (Å²) in [4.78, 5) is 16.1. The van der Waals surface area contributed by atoms with Crippen molar-refractivity contribution in [3.05, 3.63) is 12.7 Å². The van der Waals surface area contributed by atoms with E-state index in [0.29, 0.717) is 23.5 Å². The molecule has 0 aliphatic rings. The Bertz CT molecular complexity index is 485. The monoisotopic (exact) mass is 242 g/mol. The third kappa shape index (κ3) is 2.47. The molecule has 0 amide bonds. The quantitative estimate of drug-likeness (QED) is 0.792. The van der Waals surface area contributed by atoms with Gasteiger partial charge >= 0.3 is 0 Å². The Morgan fingerprint density at radius 3 is 2.88 bits per heavy atom. The van der Waals surface area contributed by atoms with E-state index < -0.39 is 13.0 Å². The van der Waals surface area contributed by atoms with Crippen LogP contribution in [0, 0.1) is 0 Å². The summed E-state index contributed by atoms with van der Waals surface area (Å²) in [5.41, 5.74) is 6.40. The van der Waals surface area contributed by atoms with Gasteiger partial charge in [-0.15, -0.1) is 0 Å². The third-order valence-electron chi connectivity index (χ3n) is 2.26. The molecule has 2 aromatic rings. The Kier molecular flexibility index (Phi) is 3.43. The first-order valence-electron chi connectivity index (χ1n) is 5.09. The number of halogens is 2. The minimum atomic E-state index is -2.45. The summed E-state index contributed by atoms with van der Waals surface area (Å²) >= 11 is 0. The number of aromatic amines is 1. The fourth-order valence-electron chi connectivity index (χ4n) is 1.60. The highest BCUT2D eigenvalue weighted by atomic mass is 19.3. The molecule has 0 fully saturated rings. The largest absolute Gasteiger partial charge is 0.348 e. The fourth-order valence-corrected chi connectivity index (χ4v) is 1.60. The van der Waals surface area contributed by atoms with Gasteiger partial charge in [-0.1, -0.05) is 0 Å². The first-order chi connectivity index (χ1) is 8.22. The molecule has 0 aliphatic heterocycles. The van der Waals surface area contributed by atoms with Gasteiger partial charge in [0.25, 0.3) is 6.43 Å². The van der Waals surface area contributed by atoms with Crippen LogP contribution in [0.15, 0.2) is 12.7 Å². The molecule has 0 radical (unpaired) electrons. The van der Waals surface area contributed by atoms with Gasteiger partial charge in [0, 0.05) is 13.1 Å². The van der Waals surface area contributed by atoms with Crippen LogP contribution in [0.2, 0.25) is 0 Å². The van der Waals surface area contributed by atoms with E-state index in [4.69, 9.17) is 5.73 Å². The second-order valence-electron chi connectivity index (χ2n) is 3.42. The van der Waals surface area contributed by atoms with Gasteiger partial charge in [-0.3, -0.25) is 0 Å².